The number of methoxy groups -OCH3 is 1. The van der Waals surface area contributed by atoms with Crippen molar-refractivity contribution in [2.45, 2.75) is 39.2 Å². The Morgan fingerprint density at radius 1 is 1.54 bits per heavy atom. The number of aliphatic hydroxyl groups excluding tert-OH is 1. The molecule has 0 aromatic carbocycles. The third kappa shape index (κ3) is 8.00. The predicted molar refractivity (Wildman–Crippen MR) is 55.7 cm³/mol. The highest BCUT2D eigenvalue weighted by molar-refractivity contribution is 4.88. The first-order chi connectivity index (χ1) is 6.06. The second kappa shape index (κ2) is 7.10. The van der Waals surface area contributed by atoms with Gasteiger partial charge in [-0.25, -0.2) is 0 Å². The summed E-state index contributed by atoms with van der Waals surface area (Å²) in [5.74, 6) is 0.435. The van der Waals surface area contributed by atoms with Crippen molar-refractivity contribution in [3.8, 4) is 0 Å². The lowest BCUT2D eigenvalue weighted by Gasteiger charge is -2.15. The Morgan fingerprint density at radius 2 is 2.15 bits per heavy atom. The van der Waals surface area contributed by atoms with Crippen LogP contribution in [0.3, 0.4) is 0 Å². The summed E-state index contributed by atoms with van der Waals surface area (Å²) in [6.07, 6.45) is 2.35. The minimum Gasteiger partial charge on any atom is -0.393 e. The van der Waals surface area contributed by atoms with Gasteiger partial charge in [-0.3, -0.25) is 0 Å². The molecule has 2 atom stereocenters. The largest absolute Gasteiger partial charge is 0.393 e. The van der Waals surface area contributed by atoms with Crippen LogP contribution in [0.15, 0.2) is 12.2 Å². The molecule has 0 rings (SSSR count). The molecule has 0 fully saturated rings. The maximum Gasteiger partial charge on any atom is 0.0546 e. The molecular formula is C11H22O2. The second-order valence-electron chi connectivity index (χ2n) is 3.95. The van der Waals surface area contributed by atoms with Gasteiger partial charge in [0.05, 0.1) is 6.10 Å². The fourth-order valence-corrected chi connectivity index (χ4v) is 1.35. The third-order valence-electron chi connectivity index (χ3n) is 2.03. The van der Waals surface area contributed by atoms with Crippen molar-refractivity contribution in [1.29, 1.82) is 0 Å². The number of allylic oxidation sites excluding steroid dienone is 1. The van der Waals surface area contributed by atoms with E-state index in [4.69, 9.17) is 4.74 Å². The van der Waals surface area contributed by atoms with Crippen molar-refractivity contribution in [2.24, 2.45) is 5.92 Å². The predicted octanol–water partition coefficient (Wildman–Crippen LogP) is 2.38. The third-order valence-corrected chi connectivity index (χ3v) is 2.03. The highest BCUT2D eigenvalue weighted by atomic mass is 16.5. The fourth-order valence-electron chi connectivity index (χ4n) is 1.35. The van der Waals surface area contributed by atoms with E-state index in [2.05, 4.69) is 13.5 Å². The normalized spacial score (nSPS) is 15.4. The highest BCUT2D eigenvalue weighted by Crippen LogP contribution is 2.12. The highest BCUT2D eigenvalue weighted by Gasteiger charge is 2.09. The molecule has 13 heavy (non-hydrogen) atoms. The summed E-state index contributed by atoms with van der Waals surface area (Å²) in [5, 5.41) is 9.60. The molecule has 2 heteroatoms. The molecule has 0 aromatic heterocycles. The molecule has 78 valence electrons. The number of hydrogen-bond donors (Lipinski definition) is 1. The molecule has 2 nitrogen and oxygen atoms in total. The Bertz CT molecular complexity index is 143. The molecule has 0 saturated heterocycles. The maximum absolute atomic E-state index is 9.60. The average Bonchev–Trinajstić information content (AvgIpc) is 2.01. The van der Waals surface area contributed by atoms with E-state index in [9.17, 15) is 5.11 Å². The molecule has 0 bridgehead atoms. The van der Waals surface area contributed by atoms with Gasteiger partial charge in [0.2, 0.25) is 0 Å². The van der Waals surface area contributed by atoms with Crippen LogP contribution in [0, 0.1) is 5.92 Å². The molecule has 2 unspecified atom stereocenters. The Morgan fingerprint density at radius 3 is 2.62 bits per heavy atom. The summed E-state index contributed by atoms with van der Waals surface area (Å²) >= 11 is 0. The second-order valence-corrected chi connectivity index (χ2v) is 3.95. The van der Waals surface area contributed by atoms with Crippen molar-refractivity contribution in [3.63, 3.8) is 0 Å². The van der Waals surface area contributed by atoms with Gasteiger partial charge in [-0.15, -0.1) is 6.58 Å². The van der Waals surface area contributed by atoms with Crippen molar-refractivity contribution < 1.29 is 9.84 Å². The van der Waals surface area contributed by atoms with Crippen LogP contribution in [-0.4, -0.2) is 24.9 Å². The van der Waals surface area contributed by atoms with E-state index in [1.807, 2.05) is 6.92 Å². The van der Waals surface area contributed by atoms with E-state index in [0.717, 1.165) is 31.4 Å². The first kappa shape index (κ1) is 12.7. The van der Waals surface area contributed by atoms with Gasteiger partial charge >= 0.3 is 0 Å². The van der Waals surface area contributed by atoms with E-state index in [-0.39, 0.29) is 6.10 Å². The molecule has 0 aliphatic rings. The molecule has 0 saturated carbocycles. The van der Waals surface area contributed by atoms with Crippen LogP contribution in [0.4, 0.5) is 0 Å². The van der Waals surface area contributed by atoms with Crippen LogP contribution < -0.4 is 0 Å². The van der Waals surface area contributed by atoms with Crippen LogP contribution in [0.1, 0.15) is 33.1 Å². The van der Waals surface area contributed by atoms with Gasteiger partial charge in [-0.2, -0.15) is 0 Å². The van der Waals surface area contributed by atoms with Gasteiger partial charge in [-0.1, -0.05) is 12.5 Å². The van der Waals surface area contributed by atoms with Crippen molar-refractivity contribution in [3.05, 3.63) is 12.2 Å². The zero-order chi connectivity index (χ0) is 10.3. The average molecular weight is 186 g/mol. The molecule has 0 spiro atoms. The van der Waals surface area contributed by atoms with Crippen LogP contribution in [0.2, 0.25) is 0 Å². The fraction of sp³-hybridized carbons (Fsp3) is 0.818. The van der Waals surface area contributed by atoms with Gasteiger partial charge < -0.3 is 9.84 Å². The van der Waals surface area contributed by atoms with E-state index in [1.54, 1.807) is 7.11 Å². The Hall–Kier alpha value is -0.340. The van der Waals surface area contributed by atoms with Gasteiger partial charge in [0.25, 0.3) is 0 Å². The lowest BCUT2D eigenvalue weighted by atomic mass is 10.00. The molecule has 0 amide bonds. The summed E-state index contributed by atoms with van der Waals surface area (Å²) < 4.78 is 5.00. The van der Waals surface area contributed by atoms with Gasteiger partial charge in [0, 0.05) is 13.7 Å². The van der Waals surface area contributed by atoms with Crippen LogP contribution in [-0.2, 0) is 4.74 Å². The lowest BCUT2D eigenvalue weighted by Crippen LogP contribution is -2.15. The van der Waals surface area contributed by atoms with Gasteiger partial charge in [0.15, 0.2) is 0 Å². The van der Waals surface area contributed by atoms with Gasteiger partial charge in [0.1, 0.15) is 0 Å². The smallest absolute Gasteiger partial charge is 0.0546 e. The zero-order valence-corrected chi connectivity index (χ0v) is 9.05. The van der Waals surface area contributed by atoms with Crippen molar-refractivity contribution >= 4 is 0 Å². The number of hydrogen-bond acceptors (Lipinski definition) is 2. The van der Waals surface area contributed by atoms with Crippen molar-refractivity contribution in [2.75, 3.05) is 13.7 Å². The Kier molecular flexibility index (Phi) is 6.92. The molecule has 0 aromatic rings. The summed E-state index contributed by atoms with van der Waals surface area (Å²) in [6, 6.07) is 0. The van der Waals surface area contributed by atoms with Crippen LogP contribution in [0.5, 0.6) is 0 Å². The summed E-state index contributed by atoms with van der Waals surface area (Å²) in [6.45, 7) is 8.62. The quantitative estimate of drug-likeness (QED) is 0.618. The SMILES string of the molecule is C=C(C)CCC(O)CC(C)COC. The van der Waals surface area contributed by atoms with Crippen molar-refractivity contribution in [1.82, 2.24) is 0 Å². The number of rotatable bonds is 7. The van der Waals surface area contributed by atoms with E-state index >= 15 is 0 Å². The summed E-state index contributed by atoms with van der Waals surface area (Å²) in [4.78, 5) is 0. The molecule has 0 radical (unpaired) electrons. The topological polar surface area (TPSA) is 29.5 Å². The van der Waals surface area contributed by atoms with E-state index in [0.29, 0.717) is 5.92 Å². The Balaban J connectivity index is 3.48. The standard InChI is InChI=1S/C11H22O2/c1-9(2)5-6-11(12)7-10(3)8-13-4/h10-12H,1,5-8H2,2-4H3. The Labute approximate surface area is 81.6 Å². The van der Waals surface area contributed by atoms with E-state index < -0.39 is 0 Å². The minimum absolute atomic E-state index is 0.207. The maximum atomic E-state index is 9.60. The molecule has 1 N–H and O–H groups in total. The van der Waals surface area contributed by atoms with Gasteiger partial charge in [-0.05, 0) is 32.1 Å². The number of aliphatic hydroxyl groups is 1. The van der Waals surface area contributed by atoms with Crippen LogP contribution in [0.25, 0.3) is 0 Å². The van der Waals surface area contributed by atoms with E-state index in [1.165, 1.54) is 0 Å². The monoisotopic (exact) mass is 186 g/mol. The molecule has 0 heterocycles. The zero-order valence-electron chi connectivity index (χ0n) is 9.05. The first-order valence-corrected chi connectivity index (χ1v) is 4.87. The number of ether oxygens (including phenoxy) is 1. The minimum atomic E-state index is -0.207. The molecule has 0 aliphatic carbocycles. The summed E-state index contributed by atoms with van der Waals surface area (Å²) in [7, 11) is 1.69. The lowest BCUT2D eigenvalue weighted by molar-refractivity contribution is 0.0967. The first-order valence-electron chi connectivity index (χ1n) is 4.87. The molecular weight excluding hydrogens is 164 g/mol. The molecule has 0 aliphatic heterocycles. The summed E-state index contributed by atoms with van der Waals surface area (Å²) in [5.41, 5.74) is 1.14. The van der Waals surface area contributed by atoms with Crippen LogP contribution >= 0.6 is 0 Å².